The van der Waals surface area contributed by atoms with Crippen LogP contribution in [0.4, 0.5) is 5.69 Å². The molecule has 0 aliphatic carbocycles. The van der Waals surface area contributed by atoms with E-state index < -0.39 is 0 Å². The highest BCUT2D eigenvalue weighted by atomic mass is 16.5. The van der Waals surface area contributed by atoms with E-state index in [1.807, 2.05) is 0 Å². The minimum Gasteiger partial charge on any atom is -0.496 e. The predicted molar refractivity (Wildman–Crippen MR) is 60.7 cm³/mol. The van der Waals surface area contributed by atoms with Crippen molar-refractivity contribution in [2.24, 2.45) is 0 Å². The SMILES string of the molecule is COc1cccc2c1CC1CNCCN21. The fraction of sp³-hybridized carbons (Fsp3) is 0.500. The Morgan fingerprint density at radius 2 is 2.40 bits per heavy atom. The van der Waals surface area contributed by atoms with Crippen molar-refractivity contribution in [2.45, 2.75) is 12.5 Å². The van der Waals surface area contributed by atoms with E-state index in [0.29, 0.717) is 6.04 Å². The van der Waals surface area contributed by atoms with E-state index in [2.05, 4.69) is 28.4 Å². The van der Waals surface area contributed by atoms with Crippen molar-refractivity contribution >= 4 is 5.69 Å². The van der Waals surface area contributed by atoms with Crippen LogP contribution in [0.25, 0.3) is 0 Å². The van der Waals surface area contributed by atoms with Gasteiger partial charge in [0.25, 0.3) is 0 Å². The largest absolute Gasteiger partial charge is 0.496 e. The van der Waals surface area contributed by atoms with E-state index in [9.17, 15) is 0 Å². The summed E-state index contributed by atoms with van der Waals surface area (Å²) in [6.45, 7) is 3.30. The number of fused-ring (bicyclic) bond motifs is 3. The summed E-state index contributed by atoms with van der Waals surface area (Å²) in [7, 11) is 1.76. The third kappa shape index (κ3) is 1.30. The first-order chi connectivity index (χ1) is 7.40. The molecule has 2 aliphatic heterocycles. The van der Waals surface area contributed by atoms with Crippen LogP contribution in [0.2, 0.25) is 0 Å². The molecule has 2 heterocycles. The average molecular weight is 204 g/mol. The van der Waals surface area contributed by atoms with Crippen LogP contribution in [-0.4, -0.2) is 32.8 Å². The maximum Gasteiger partial charge on any atom is 0.124 e. The molecule has 1 unspecified atom stereocenters. The number of hydrogen-bond donors (Lipinski definition) is 1. The van der Waals surface area contributed by atoms with Crippen LogP contribution in [0, 0.1) is 0 Å². The molecule has 0 radical (unpaired) electrons. The first-order valence-corrected chi connectivity index (χ1v) is 5.53. The van der Waals surface area contributed by atoms with Gasteiger partial charge in [-0.3, -0.25) is 0 Å². The van der Waals surface area contributed by atoms with Crippen LogP contribution in [0.5, 0.6) is 5.75 Å². The molecule has 80 valence electrons. The smallest absolute Gasteiger partial charge is 0.124 e. The Bertz CT molecular complexity index is 378. The number of methoxy groups -OCH3 is 1. The standard InChI is InChI=1S/C12H16N2O/c1-15-12-4-2-3-11-10(12)7-9-8-13-5-6-14(9)11/h2-4,9,13H,5-8H2,1H3. The van der Waals surface area contributed by atoms with E-state index >= 15 is 0 Å². The molecular weight excluding hydrogens is 188 g/mol. The molecule has 2 aliphatic rings. The Labute approximate surface area is 90.0 Å². The minimum absolute atomic E-state index is 0.630. The van der Waals surface area contributed by atoms with Gasteiger partial charge in [-0.1, -0.05) is 6.07 Å². The zero-order valence-corrected chi connectivity index (χ0v) is 8.99. The molecule has 1 N–H and O–H groups in total. The average Bonchev–Trinajstić information content (AvgIpc) is 2.67. The lowest BCUT2D eigenvalue weighted by Gasteiger charge is -2.32. The molecule has 0 aromatic heterocycles. The molecule has 1 aromatic rings. The number of hydrogen-bond acceptors (Lipinski definition) is 3. The molecule has 0 saturated carbocycles. The van der Waals surface area contributed by atoms with Gasteiger partial charge in [-0.15, -0.1) is 0 Å². The Balaban J connectivity index is 2.03. The molecule has 0 amide bonds. The van der Waals surface area contributed by atoms with Crippen LogP contribution in [0.15, 0.2) is 18.2 Å². The predicted octanol–water partition coefficient (Wildman–Crippen LogP) is 1.03. The molecule has 0 bridgehead atoms. The molecule has 1 saturated heterocycles. The summed E-state index contributed by atoms with van der Waals surface area (Å²) in [5.74, 6) is 1.04. The summed E-state index contributed by atoms with van der Waals surface area (Å²) in [6.07, 6.45) is 1.12. The Morgan fingerprint density at radius 3 is 3.27 bits per heavy atom. The second-order valence-corrected chi connectivity index (χ2v) is 4.21. The van der Waals surface area contributed by atoms with Gasteiger partial charge in [-0.25, -0.2) is 0 Å². The van der Waals surface area contributed by atoms with Gasteiger partial charge < -0.3 is 15.0 Å². The van der Waals surface area contributed by atoms with Crippen molar-refractivity contribution in [3.05, 3.63) is 23.8 Å². The van der Waals surface area contributed by atoms with Crippen molar-refractivity contribution in [1.82, 2.24) is 5.32 Å². The van der Waals surface area contributed by atoms with Gasteiger partial charge in [-0.2, -0.15) is 0 Å². The fourth-order valence-electron chi connectivity index (χ4n) is 2.72. The zero-order chi connectivity index (χ0) is 10.3. The number of nitrogens with zero attached hydrogens (tertiary/aromatic N) is 1. The van der Waals surface area contributed by atoms with Crippen molar-refractivity contribution in [1.29, 1.82) is 0 Å². The lowest BCUT2D eigenvalue weighted by Crippen LogP contribution is -2.49. The number of anilines is 1. The van der Waals surface area contributed by atoms with Gasteiger partial charge in [-0.05, 0) is 18.6 Å². The highest BCUT2D eigenvalue weighted by Gasteiger charge is 2.32. The maximum atomic E-state index is 5.42. The van der Waals surface area contributed by atoms with Gasteiger partial charge in [0, 0.05) is 36.9 Å². The third-order valence-corrected chi connectivity index (χ3v) is 3.43. The molecule has 1 atom stereocenters. The van der Waals surface area contributed by atoms with Gasteiger partial charge >= 0.3 is 0 Å². The van der Waals surface area contributed by atoms with Gasteiger partial charge in [0.2, 0.25) is 0 Å². The van der Waals surface area contributed by atoms with Crippen LogP contribution in [-0.2, 0) is 6.42 Å². The summed E-state index contributed by atoms with van der Waals surface area (Å²) in [5, 5.41) is 3.45. The first kappa shape index (κ1) is 9.04. The molecule has 3 heteroatoms. The van der Waals surface area contributed by atoms with Crippen LogP contribution >= 0.6 is 0 Å². The normalized spacial score (nSPS) is 23.5. The number of piperazine rings is 1. The van der Waals surface area contributed by atoms with E-state index in [-0.39, 0.29) is 0 Å². The summed E-state index contributed by atoms with van der Waals surface area (Å²) < 4.78 is 5.42. The van der Waals surface area contributed by atoms with E-state index in [1.165, 1.54) is 11.3 Å². The Morgan fingerprint density at radius 1 is 1.47 bits per heavy atom. The molecular formula is C12H16N2O. The quantitative estimate of drug-likeness (QED) is 0.739. The number of nitrogens with one attached hydrogen (secondary N) is 1. The molecule has 0 spiro atoms. The first-order valence-electron chi connectivity index (χ1n) is 5.53. The highest BCUT2D eigenvalue weighted by molar-refractivity contribution is 5.64. The number of ether oxygens (including phenoxy) is 1. The molecule has 3 rings (SSSR count). The van der Waals surface area contributed by atoms with Crippen LogP contribution in [0.3, 0.4) is 0 Å². The molecule has 15 heavy (non-hydrogen) atoms. The zero-order valence-electron chi connectivity index (χ0n) is 8.99. The fourth-order valence-corrected chi connectivity index (χ4v) is 2.72. The third-order valence-electron chi connectivity index (χ3n) is 3.43. The van der Waals surface area contributed by atoms with Crippen LogP contribution in [0.1, 0.15) is 5.56 Å². The van der Waals surface area contributed by atoms with Gasteiger partial charge in [0.05, 0.1) is 7.11 Å². The molecule has 3 nitrogen and oxygen atoms in total. The van der Waals surface area contributed by atoms with Crippen molar-refractivity contribution in [2.75, 3.05) is 31.6 Å². The second-order valence-electron chi connectivity index (χ2n) is 4.21. The van der Waals surface area contributed by atoms with Gasteiger partial charge in [0.15, 0.2) is 0 Å². The Hall–Kier alpha value is -1.22. The number of benzene rings is 1. The monoisotopic (exact) mass is 204 g/mol. The summed E-state index contributed by atoms with van der Waals surface area (Å²) in [6, 6.07) is 6.99. The maximum absolute atomic E-state index is 5.42. The lowest BCUT2D eigenvalue weighted by atomic mass is 10.1. The second kappa shape index (κ2) is 3.42. The number of rotatable bonds is 1. The summed E-state index contributed by atoms with van der Waals surface area (Å²) in [4.78, 5) is 2.51. The molecule has 1 fully saturated rings. The van der Waals surface area contributed by atoms with E-state index in [1.54, 1.807) is 7.11 Å². The van der Waals surface area contributed by atoms with Crippen molar-refractivity contribution < 1.29 is 4.74 Å². The van der Waals surface area contributed by atoms with Crippen molar-refractivity contribution in [3.8, 4) is 5.75 Å². The van der Waals surface area contributed by atoms with Crippen molar-refractivity contribution in [3.63, 3.8) is 0 Å². The van der Waals surface area contributed by atoms with E-state index in [0.717, 1.165) is 31.8 Å². The van der Waals surface area contributed by atoms with Crippen LogP contribution < -0.4 is 15.0 Å². The highest BCUT2D eigenvalue weighted by Crippen LogP contribution is 2.38. The Kier molecular flexibility index (Phi) is 2.06. The topological polar surface area (TPSA) is 24.5 Å². The van der Waals surface area contributed by atoms with Gasteiger partial charge in [0.1, 0.15) is 5.75 Å². The summed E-state index contributed by atoms with van der Waals surface area (Å²) >= 11 is 0. The minimum atomic E-state index is 0.630. The van der Waals surface area contributed by atoms with E-state index in [4.69, 9.17) is 4.74 Å². The summed E-state index contributed by atoms with van der Waals surface area (Å²) in [5.41, 5.74) is 2.76. The lowest BCUT2D eigenvalue weighted by molar-refractivity contribution is 0.409. The molecule has 1 aromatic carbocycles.